The molecule has 0 radical (unpaired) electrons. The molecular weight excluding hydrogens is 263 g/mol. The Balaban J connectivity index is 3.19. The molecule has 0 amide bonds. The highest BCUT2D eigenvalue weighted by Gasteiger charge is 2.19. The van der Waals surface area contributed by atoms with E-state index in [2.05, 4.69) is 0 Å². The molecule has 17 heavy (non-hydrogen) atoms. The van der Waals surface area contributed by atoms with Gasteiger partial charge in [0.15, 0.2) is 5.75 Å². The maximum atomic E-state index is 11.7. The lowest BCUT2D eigenvalue weighted by Crippen LogP contribution is -2.12. The van der Waals surface area contributed by atoms with Crippen molar-refractivity contribution < 1.29 is 14.3 Å². The summed E-state index contributed by atoms with van der Waals surface area (Å²) in [6, 6.07) is 3.02. The van der Waals surface area contributed by atoms with Crippen molar-refractivity contribution in [3.8, 4) is 5.75 Å². The molecule has 0 saturated carbocycles. The lowest BCUT2D eigenvalue weighted by Gasteiger charge is -2.15. The molecule has 0 N–H and O–H groups in total. The third-order valence-corrected chi connectivity index (χ3v) is 2.36. The Hall–Kier alpha value is -0.930. The van der Waals surface area contributed by atoms with E-state index in [4.69, 9.17) is 32.7 Å². The Morgan fingerprint density at radius 1 is 1.35 bits per heavy atom. The van der Waals surface area contributed by atoms with Crippen molar-refractivity contribution in [2.45, 2.75) is 26.9 Å². The lowest BCUT2D eigenvalue weighted by molar-refractivity contribution is 0.0520. The van der Waals surface area contributed by atoms with E-state index in [1.165, 1.54) is 12.1 Å². The summed E-state index contributed by atoms with van der Waals surface area (Å²) in [4.78, 5) is 11.7. The van der Waals surface area contributed by atoms with Gasteiger partial charge in [0.25, 0.3) is 0 Å². The molecule has 1 aromatic carbocycles. The minimum Gasteiger partial charge on any atom is -0.489 e. The van der Waals surface area contributed by atoms with E-state index in [1.54, 1.807) is 6.92 Å². The number of ether oxygens (including phenoxy) is 2. The van der Waals surface area contributed by atoms with Crippen LogP contribution in [0.1, 0.15) is 31.1 Å². The highest BCUT2D eigenvalue weighted by molar-refractivity contribution is 6.36. The van der Waals surface area contributed by atoms with E-state index in [-0.39, 0.29) is 18.3 Å². The number of hydrogen-bond acceptors (Lipinski definition) is 3. The fourth-order valence-corrected chi connectivity index (χ4v) is 1.81. The number of esters is 1. The summed E-state index contributed by atoms with van der Waals surface area (Å²) in [7, 11) is 0. The zero-order valence-corrected chi connectivity index (χ0v) is 11.4. The maximum absolute atomic E-state index is 11.7. The summed E-state index contributed by atoms with van der Waals surface area (Å²) in [6.07, 6.45) is -0.0955. The molecule has 0 aliphatic heterocycles. The van der Waals surface area contributed by atoms with Crippen LogP contribution in [0.25, 0.3) is 0 Å². The van der Waals surface area contributed by atoms with Gasteiger partial charge in [-0.15, -0.1) is 0 Å². The third kappa shape index (κ3) is 3.79. The van der Waals surface area contributed by atoms with Gasteiger partial charge in [-0.1, -0.05) is 23.2 Å². The fourth-order valence-electron chi connectivity index (χ4n) is 1.28. The number of hydrogen-bond donors (Lipinski definition) is 0. The van der Waals surface area contributed by atoms with E-state index in [0.29, 0.717) is 15.8 Å². The average molecular weight is 277 g/mol. The largest absolute Gasteiger partial charge is 0.489 e. The van der Waals surface area contributed by atoms with Crippen molar-refractivity contribution >= 4 is 29.2 Å². The number of carbonyl (C=O) groups is 1. The number of benzene rings is 1. The van der Waals surface area contributed by atoms with Crippen LogP contribution in [-0.4, -0.2) is 18.7 Å². The second-order valence-corrected chi connectivity index (χ2v) is 4.50. The quantitative estimate of drug-likeness (QED) is 0.781. The molecule has 1 rings (SSSR count). The van der Waals surface area contributed by atoms with Gasteiger partial charge in [-0.05, 0) is 32.9 Å². The summed E-state index contributed by atoms with van der Waals surface area (Å²) in [6.45, 7) is 5.71. The monoisotopic (exact) mass is 276 g/mol. The minimum absolute atomic E-state index is 0.0955. The van der Waals surface area contributed by atoms with Crippen molar-refractivity contribution in [3.63, 3.8) is 0 Å². The SMILES string of the molecule is CCOC(=O)c1cc(Cl)cc(Cl)c1OC(C)C. The van der Waals surface area contributed by atoms with Crippen LogP contribution in [0.15, 0.2) is 12.1 Å². The van der Waals surface area contributed by atoms with Crippen LogP contribution >= 0.6 is 23.2 Å². The standard InChI is InChI=1S/C12H14Cl2O3/c1-4-16-12(15)9-5-8(13)6-10(14)11(9)17-7(2)3/h5-7H,4H2,1-3H3. The van der Waals surface area contributed by atoms with Crippen LogP contribution in [-0.2, 0) is 4.74 Å². The molecule has 0 fully saturated rings. The Bertz CT molecular complexity index is 416. The van der Waals surface area contributed by atoms with Crippen molar-refractivity contribution in [3.05, 3.63) is 27.7 Å². The molecule has 0 atom stereocenters. The highest BCUT2D eigenvalue weighted by Crippen LogP contribution is 2.33. The van der Waals surface area contributed by atoms with Crippen LogP contribution in [0.5, 0.6) is 5.75 Å². The summed E-state index contributed by atoms with van der Waals surface area (Å²) in [5.74, 6) is -0.183. The molecule has 0 saturated heterocycles. The van der Waals surface area contributed by atoms with E-state index in [0.717, 1.165) is 0 Å². The van der Waals surface area contributed by atoms with Gasteiger partial charge in [-0.3, -0.25) is 0 Å². The van der Waals surface area contributed by atoms with Gasteiger partial charge in [-0.2, -0.15) is 0 Å². The maximum Gasteiger partial charge on any atom is 0.342 e. The smallest absolute Gasteiger partial charge is 0.342 e. The molecule has 0 heterocycles. The summed E-state index contributed by atoms with van der Waals surface area (Å²) < 4.78 is 10.4. The van der Waals surface area contributed by atoms with Crippen LogP contribution in [0, 0.1) is 0 Å². The molecule has 0 aromatic heterocycles. The molecule has 0 aliphatic carbocycles. The average Bonchev–Trinajstić information content (AvgIpc) is 2.21. The molecule has 94 valence electrons. The van der Waals surface area contributed by atoms with Crippen molar-refractivity contribution in [2.24, 2.45) is 0 Å². The van der Waals surface area contributed by atoms with Crippen LogP contribution < -0.4 is 4.74 Å². The van der Waals surface area contributed by atoms with E-state index in [9.17, 15) is 4.79 Å². The van der Waals surface area contributed by atoms with E-state index >= 15 is 0 Å². The Morgan fingerprint density at radius 3 is 2.53 bits per heavy atom. The molecule has 0 aliphatic rings. The van der Waals surface area contributed by atoms with Gasteiger partial charge < -0.3 is 9.47 Å². The zero-order chi connectivity index (χ0) is 13.0. The summed E-state index contributed by atoms with van der Waals surface area (Å²) in [5, 5.41) is 0.670. The van der Waals surface area contributed by atoms with Gasteiger partial charge in [0, 0.05) is 5.02 Å². The first-order chi connectivity index (χ1) is 7.95. The number of halogens is 2. The molecule has 0 spiro atoms. The molecule has 5 heteroatoms. The van der Waals surface area contributed by atoms with Gasteiger partial charge in [-0.25, -0.2) is 4.79 Å². The number of carbonyl (C=O) groups excluding carboxylic acids is 1. The number of rotatable bonds is 4. The van der Waals surface area contributed by atoms with Gasteiger partial charge in [0.05, 0.1) is 17.7 Å². The van der Waals surface area contributed by atoms with Gasteiger partial charge in [0.1, 0.15) is 5.56 Å². The van der Waals surface area contributed by atoms with Crippen molar-refractivity contribution in [1.82, 2.24) is 0 Å². The van der Waals surface area contributed by atoms with E-state index in [1.807, 2.05) is 13.8 Å². The van der Waals surface area contributed by atoms with Crippen molar-refractivity contribution in [1.29, 1.82) is 0 Å². The molecule has 0 unspecified atom stereocenters. The molecule has 1 aromatic rings. The predicted octanol–water partition coefficient (Wildman–Crippen LogP) is 3.96. The highest BCUT2D eigenvalue weighted by atomic mass is 35.5. The second kappa shape index (κ2) is 6.12. The van der Waals surface area contributed by atoms with Crippen molar-refractivity contribution in [2.75, 3.05) is 6.61 Å². The molecule has 3 nitrogen and oxygen atoms in total. The summed E-state index contributed by atoms with van der Waals surface area (Å²) >= 11 is 11.9. The van der Waals surface area contributed by atoms with Gasteiger partial charge in [0.2, 0.25) is 0 Å². The predicted molar refractivity (Wildman–Crippen MR) is 68.2 cm³/mol. The first-order valence-electron chi connectivity index (χ1n) is 5.28. The Morgan fingerprint density at radius 2 is 2.00 bits per heavy atom. The third-order valence-electron chi connectivity index (χ3n) is 1.86. The first-order valence-corrected chi connectivity index (χ1v) is 6.04. The first kappa shape index (κ1) is 14.1. The molecule has 0 bridgehead atoms. The Labute approximate surface area is 111 Å². The Kier molecular flexibility index (Phi) is 5.09. The lowest BCUT2D eigenvalue weighted by atomic mass is 10.2. The normalized spacial score (nSPS) is 10.5. The van der Waals surface area contributed by atoms with Gasteiger partial charge >= 0.3 is 5.97 Å². The topological polar surface area (TPSA) is 35.5 Å². The summed E-state index contributed by atoms with van der Waals surface area (Å²) in [5.41, 5.74) is 0.248. The van der Waals surface area contributed by atoms with E-state index < -0.39 is 5.97 Å². The fraction of sp³-hybridized carbons (Fsp3) is 0.417. The minimum atomic E-state index is -0.493. The molecular formula is C12H14Cl2O3. The zero-order valence-electron chi connectivity index (χ0n) is 9.92. The second-order valence-electron chi connectivity index (χ2n) is 3.65. The van der Waals surface area contributed by atoms with Crippen LogP contribution in [0.2, 0.25) is 10.0 Å². The van der Waals surface area contributed by atoms with Crippen LogP contribution in [0.3, 0.4) is 0 Å². The van der Waals surface area contributed by atoms with Crippen LogP contribution in [0.4, 0.5) is 0 Å².